The Balaban J connectivity index is 7.14. The minimum absolute atomic E-state index is 0.0784. The van der Waals surface area contributed by atoms with Crippen molar-refractivity contribution in [3.05, 3.63) is 35.5 Å². The first-order chi connectivity index (χ1) is 17.4. The second-order valence-electron chi connectivity index (χ2n) is 16.6. The molecule has 0 aliphatic heterocycles. The Hall–Kier alpha value is -1.49. The number of ketones is 3. The van der Waals surface area contributed by atoms with Crippen LogP contribution in [0.5, 0.6) is 0 Å². The summed E-state index contributed by atoms with van der Waals surface area (Å²) in [6.45, 7) is 34.4. The van der Waals surface area contributed by atoms with Crippen molar-refractivity contribution in [3.8, 4) is 0 Å². The molecule has 0 N–H and O–H groups in total. The summed E-state index contributed by atoms with van der Waals surface area (Å²) in [5, 5.41) is 0. The number of carbonyl (C=O) groups excluding carboxylic acids is 3. The maximum absolute atomic E-state index is 13.1. The van der Waals surface area contributed by atoms with E-state index in [-0.39, 0.29) is 17.3 Å². The number of allylic oxidation sites excluding steroid dienone is 6. The molecule has 40 heavy (non-hydrogen) atoms. The summed E-state index contributed by atoms with van der Waals surface area (Å²) < 4.78 is 19.7. The van der Waals surface area contributed by atoms with E-state index in [4.69, 9.17) is 8.44 Å². The predicted octanol–water partition coefficient (Wildman–Crippen LogP) is 8.66. The molecule has 0 aliphatic rings. The third-order valence-electron chi connectivity index (χ3n) is 5.74. The van der Waals surface area contributed by atoms with Crippen LogP contribution < -0.4 is 0 Å². The van der Waals surface area contributed by atoms with Gasteiger partial charge in [-0.25, -0.2) is 0 Å². The topological polar surface area (TPSA) is 78.9 Å². The Labute approximate surface area is 254 Å². The molecule has 0 atom stereocenters. The molecule has 7 heteroatoms. The average Bonchev–Trinajstić information content (AvgIpc) is 2.67. The first kappa shape index (κ1) is 38.5. The molecule has 0 spiro atoms. The summed E-state index contributed by atoms with van der Waals surface area (Å²) in [6.07, 6.45) is 4.61. The molecule has 0 aromatic rings. The Kier molecular flexibility index (Phi) is 12.7. The van der Waals surface area contributed by atoms with Gasteiger partial charge in [0.15, 0.2) is 0 Å². The van der Waals surface area contributed by atoms with Gasteiger partial charge in [0.1, 0.15) is 0 Å². The maximum atomic E-state index is 13.1. The quantitative estimate of drug-likeness (QED) is 0.133. The van der Waals surface area contributed by atoms with Crippen molar-refractivity contribution in [1.82, 2.24) is 0 Å². The molecule has 0 unspecified atom stereocenters. The normalized spacial score (nSPS) is 15.2. The van der Waals surface area contributed by atoms with Gasteiger partial charge in [-0.05, 0) is 0 Å². The van der Waals surface area contributed by atoms with Gasteiger partial charge < -0.3 is 0 Å². The Morgan fingerprint density at radius 2 is 0.550 bits per heavy atom. The van der Waals surface area contributed by atoms with Gasteiger partial charge in [-0.3, -0.25) is 0 Å². The van der Waals surface area contributed by atoms with Crippen LogP contribution in [0.2, 0.25) is 0 Å². The number of hydrogen-bond acceptors (Lipinski definition) is 6. The molecule has 0 saturated heterocycles. The predicted molar refractivity (Wildman–Crippen MR) is 165 cm³/mol. The second kappa shape index (κ2) is 13.2. The first-order valence-electron chi connectivity index (χ1n) is 14.0. The van der Waals surface area contributed by atoms with E-state index >= 15 is 0 Å². The fourth-order valence-corrected chi connectivity index (χ4v) is 8.56. The molecule has 0 aromatic heterocycles. The zero-order chi connectivity index (χ0) is 32.3. The van der Waals surface area contributed by atoms with Crippen LogP contribution in [0, 0.1) is 32.5 Å². The van der Waals surface area contributed by atoms with Crippen molar-refractivity contribution in [2.45, 2.75) is 125 Å². The van der Waals surface area contributed by atoms with Gasteiger partial charge in [0.25, 0.3) is 0 Å². The van der Waals surface area contributed by atoms with Crippen molar-refractivity contribution >= 4 is 40.4 Å². The number of hydrogen-bond donors (Lipinski definition) is 0. The summed E-state index contributed by atoms with van der Waals surface area (Å²) in [4.78, 5) is 39.2. The Bertz CT molecular complexity index is 885. The Morgan fingerprint density at radius 1 is 0.375 bits per heavy atom. The monoisotopic (exact) mass is 758 g/mol. The molecule has 0 amide bonds. The Morgan fingerprint density at radius 3 is 0.675 bits per heavy atom. The molecule has 0 saturated carbocycles. The molecular formula is C33H57BiO6. The summed E-state index contributed by atoms with van der Waals surface area (Å²) in [6, 6.07) is 0. The van der Waals surface area contributed by atoms with Crippen molar-refractivity contribution in [2.75, 3.05) is 0 Å². The zero-order valence-electron chi connectivity index (χ0n) is 28.6. The van der Waals surface area contributed by atoms with Crippen LogP contribution in [0.15, 0.2) is 35.5 Å². The molecule has 0 bridgehead atoms. The van der Waals surface area contributed by atoms with E-state index in [0.29, 0.717) is 17.3 Å². The fraction of sp³-hybridized carbons (Fsp3) is 0.727. The van der Waals surface area contributed by atoms with Crippen LogP contribution in [0.25, 0.3) is 0 Å². The van der Waals surface area contributed by atoms with Crippen molar-refractivity contribution < 1.29 is 22.8 Å². The second-order valence-corrected chi connectivity index (χ2v) is 20.5. The molecule has 230 valence electrons. The van der Waals surface area contributed by atoms with Gasteiger partial charge in [0.2, 0.25) is 0 Å². The van der Waals surface area contributed by atoms with Crippen LogP contribution in [-0.2, 0) is 22.8 Å². The molecule has 6 nitrogen and oxygen atoms in total. The van der Waals surface area contributed by atoms with Crippen LogP contribution >= 0.6 is 0 Å². The van der Waals surface area contributed by atoms with E-state index in [1.54, 1.807) is 0 Å². The molecular weight excluding hydrogens is 701 g/mol. The van der Waals surface area contributed by atoms with Gasteiger partial charge >= 0.3 is 256 Å². The van der Waals surface area contributed by atoms with Crippen molar-refractivity contribution in [1.29, 1.82) is 0 Å². The van der Waals surface area contributed by atoms with E-state index in [0.717, 1.165) is 0 Å². The molecule has 0 aromatic carbocycles. The standard InChI is InChI=1S/3C11H20O2.Bi/c3*1-10(2,3)8(12)7-9(13)11(4,5)6;/h3*7,12H,1-6H3;/q;;;+3/p-3/b3*8-7-;. The van der Waals surface area contributed by atoms with Gasteiger partial charge in [-0.1, -0.05) is 0 Å². The fourth-order valence-electron chi connectivity index (χ4n) is 2.44. The van der Waals surface area contributed by atoms with Crippen molar-refractivity contribution in [3.63, 3.8) is 0 Å². The zero-order valence-corrected chi connectivity index (χ0v) is 32.1. The molecule has 0 heterocycles. The summed E-state index contributed by atoms with van der Waals surface area (Å²) >= 11 is -4.06. The number of rotatable bonds is 9. The van der Waals surface area contributed by atoms with Gasteiger partial charge in [0, 0.05) is 0 Å². The molecule has 0 fully saturated rings. The van der Waals surface area contributed by atoms with Gasteiger partial charge in [-0.15, -0.1) is 0 Å². The SMILES string of the molecule is CC(C)(C)C(=O)/C=C(\[O][Bi]([O]/C(=C\C(=O)C(C)(C)C)C(C)(C)C)[O]/C(=C\C(=O)C(C)(C)C)C(C)(C)C)C(C)(C)C. The summed E-state index contributed by atoms with van der Waals surface area (Å²) in [5.74, 6) is 1.13. The first-order valence-corrected chi connectivity index (χ1v) is 18.3. The van der Waals surface area contributed by atoms with E-state index in [9.17, 15) is 14.4 Å². The van der Waals surface area contributed by atoms with E-state index < -0.39 is 55.6 Å². The van der Waals surface area contributed by atoms with Crippen molar-refractivity contribution in [2.24, 2.45) is 32.5 Å². The van der Waals surface area contributed by atoms with E-state index in [2.05, 4.69) is 0 Å². The number of carbonyl (C=O) groups is 3. The summed E-state index contributed by atoms with van der Waals surface area (Å²) in [5.41, 5.74) is -3.38. The van der Waals surface area contributed by atoms with Gasteiger partial charge in [0.05, 0.1) is 0 Å². The third kappa shape index (κ3) is 13.4. The molecule has 0 radical (unpaired) electrons. The van der Waals surface area contributed by atoms with Crippen LogP contribution in [0.3, 0.4) is 0 Å². The van der Waals surface area contributed by atoms with E-state index in [1.165, 1.54) is 18.2 Å². The molecule has 0 rings (SSSR count). The van der Waals surface area contributed by atoms with Crippen LogP contribution in [0.1, 0.15) is 125 Å². The summed E-state index contributed by atoms with van der Waals surface area (Å²) in [7, 11) is 0. The van der Waals surface area contributed by atoms with E-state index in [1.807, 2.05) is 125 Å². The van der Waals surface area contributed by atoms with Crippen LogP contribution in [-0.4, -0.2) is 40.4 Å². The van der Waals surface area contributed by atoms with Crippen LogP contribution in [0.4, 0.5) is 0 Å². The van der Waals surface area contributed by atoms with Gasteiger partial charge in [-0.2, -0.15) is 0 Å². The third-order valence-corrected chi connectivity index (χ3v) is 9.77. The molecule has 0 aliphatic carbocycles. The minimum atomic E-state index is -4.06. The average molecular weight is 759 g/mol.